The third kappa shape index (κ3) is 2.48. The highest BCUT2D eigenvalue weighted by molar-refractivity contribution is 7.89. The normalized spacial score (nSPS) is 16.2. The van der Waals surface area contributed by atoms with E-state index in [1.165, 1.54) is 4.31 Å². The molecule has 1 aliphatic rings. The Kier molecular flexibility index (Phi) is 3.35. The van der Waals surface area contributed by atoms with Crippen molar-refractivity contribution >= 4 is 10.0 Å². The van der Waals surface area contributed by atoms with Crippen LogP contribution in [0.15, 0.2) is 24.7 Å². The summed E-state index contributed by atoms with van der Waals surface area (Å²) >= 11 is 0. The van der Waals surface area contributed by atoms with Gasteiger partial charge in [0.15, 0.2) is 0 Å². The smallest absolute Gasteiger partial charge is 0.214 e. The summed E-state index contributed by atoms with van der Waals surface area (Å²) in [6.07, 6.45) is 5.59. The molecule has 1 aliphatic heterocycles. The Morgan fingerprint density at radius 3 is 2.90 bits per heavy atom. The molecule has 0 bridgehead atoms. The molecule has 108 valence electrons. The first-order chi connectivity index (χ1) is 9.58. The van der Waals surface area contributed by atoms with Gasteiger partial charge in [-0.3, -0.25) is 4.68 Å². The van der Waals surface area contributed by atoms with E-state index in [0.29, 0.717) is 26.2 Å². The van der Waals surface area contributed by atoms with Crippen LogP contribution in [-0.2, 0) is 29.7 Å². The quantitative estimate of drug-likeness (QED) is 0.813. The minimum Gasteiger partial charge on any atom is -0.332 e. The molecule has 7 nitrogen and oxygen atoms in total. The Hall–Kier alpha value is -1.67. The number of imidazole rings is 1. The van der Waals surface area contributed by atoms with Crippen molar-refractivity contribution in [3.8, 4) is 0 Å². The fraction of sp³-hybridized carbons (Fsp3) is 0.500. The predicted octanol–water partition coefficient (Wildman–Crippen LogP) is 0.293. The lowest BCUT2D eigenvalue weighted by Crippen LogP contribution is -2.39. The molecule has 3 rings (SSSR count). The average molecular weight is 295 g/mol. The summed E-state index contributed by atoms with van der Waals surface area (Å²) in [6, 6.07) is 1.87. The van der Waals surface area contributed by atoms with Gasteiger partial charge in [-0.05, 0) is 13.0 Å². The molecule has 0 N–H and O–H groups in total. The van der Waals surface area contributed by atoms with Crippen molar-refractivity contribution in [2.24, 2.45) is 0 Å². The minimum absolute atomic E-state index is 0.133. The van der Waals surface area contributed by atoms with Gasteiger partial charge in [-0.2, -0.15) is 9.40 Å². The van der Waals surface area contributed by atoms with Gasteiger partial charge < -0.3 is 4.57 Å². The maximum absolute atomic E-state index is 11.9. The van der Waals surface area contributed by atoms with Gasteiger partial charge >= 0.3 is 0 Å². The van der Waals surface area contributed by atoms with Crippen molar-refractivity contribution < 1.29 is 8.42 Å². The van der Waals surface area contributed by atoms with Crippen LogP contribution in [0.25, 0.3) is 0 Å². The van der Waals surface area contributed by atoms with E-state index >= 15 is 0 Å². The van der Waals surface area contributed by atoms with Crippen LogP contribution in [0.3, 0.4) is 0 Å². The predicted molar refractivity (Wildman–Crippen MR) is 73.4 cm³/mol. The highest BCUT2D eigenvalue weighted by Crippen LogP contribution is 2.16. The van der Waals surface area contributed by atoms with E-state index in [4.69, 9.17) is 0 Å². The van der Waals surface area contributed by atoms with Crippen molar-refractivity contribution in [1.29, 1.82) is 0 Å². The van der Waals surface area contributed by atoms with Gasteiger partial charge in [-0.1, -0.05) is 0 Å². The maximum Gasteiger partial charge on any atom is 0.214 e. The van der Waals surface area contributed by atoms with Crippen LogP contribution in [0.4, 0.5) is 0 Å². The summed E-state index contributed by atoms with van der Waals surface area (Å²) in [6.45, 7) is 3.80. The number of nitrogens with zero attached hydrogens (tertiary/aromatic N) is 5. The summed E-state index contributed by atoms with van der Waals surface area (Å²) in [7, 11) is -3.14. The summed E-state index contributed by atoms with van der Waals surface area (Å²) in [4.78, 5) is 4.52. The first-order valence-corrected chi connectivity index (χ1v) is 8.19. The van der Waals surface area contributed by atoms with Crippen molar-refractivity contribution in [3.05, 3.63) is 36.2 Å². The number of fused-ring (bicyclic) bond motifs is 1. The maximum atomic E-state index is 11.9. The van der Waals surface area contributed by atoms with E-state index < -0.39 is 10.0 Å². The van der Waals surface area contributed by atoms with E-state index in [1.807, 2.05) is 23.0 Å². The van der Waals surface area contributed by atoms with Crippen LogP contribution in [-0.4, -0.2) is 44.4 Å². The zero-order chi connectivity index (χ0) is 14.2. The number of sulfonamides is 1. The van der Waals surface area contributed by atoms with Gasteiger partial charge in [-0.25, -0.2) is 13.4 Å². The highest BCUT2D eigenvalue weighted by atomic mass is 32.2. The Labute approximate surface area is 117 Å². The number of hydrogen-bond acceptors (Lipinski definition) is 4. The largest absolute Gasteiger partial charge is 0.332 e. The van der Waals surface area contributed by atoms with Gasteiger partial charge in [0.2, 0.25) is 10.0 Å². The fourth-order valence-electron chi connectivity index (χ4n) is 2.35. The summed E-state index contributed by atoms with van der Waals surface area (Å²) in [5, 5.41) is 4.15. The summed E-state index contributed by atoms with van der Waals surface area (Å²) < 4.78 is 29.1. The number of rotatable bonds is 4. The molecule has 0 unspecified atom stereocenters. The number of aromatic nitrogens is 4. The molecule has 2 aromatic heterocycles. The molecule has 0 saturated heterocycles. The fourth-order valence-corrected chi connectivity index (χ4v) is 3.38. The monoisotopic (exact) mass is 295 g/mol. The molecule has 0 amide bonds. The van der Waals surface area contributed by atoms with Crippen LogP contribution in [0.1, 0.15) is 18.4 Å². The van der Waals surface area contributed by atoms with Gasteiger partial charge in [0.25, 0.3) is 0 Å². The molecule has 8 heteroatoms. The molecule has 3 heterocycles. The van der Waals surface area contributed by atoms with Crippen molar-refractivity contribution in [2.75, 3.05) is 12.3 Å². The topological polar surface area (TPSA) is 73.0 Å². The van der Waals surface area contributed by atoms with E-state index in [2.05, 4.69) is 10.1 Å². The first-order valence-electron chi connectivity index (χ1n) is 6.58. The zero-order valence-electron chi connectivity index (χ0n) is 11.3. The molecule has 0 aliphatic carbocycles. The molecular weight excluding hydrogens is 278 g/mol. The van der Waals surface area contributed by atoms with E-state index in [9.17, 15) is 8.42 Å². The second-order valence-corrected chi connectivity index (χ2v) is 7.04. The van der Waals surface area contributed by atoms with Gasteiger partial charge in [0.1, 0.15) is 5.82 Å². The molecule has 0 saturated carbocycles. The van der Waals surface area contributed by atoms with Gasteiger partial charge in [0.05, 0.1) is 24.5 Å². The van der Waals surface area contributed by atoms with Gasteiger partial charge in [-0.15, -0.1) is 0 Å². The van der Waals surface area contributed by atoms with E-state index in [-0.39, 0.29) is 5.75 Å². The third-order valence-corrected chi connectivity index (χ3v) is 5.29. The SMILES string of the molecule is CCS(=O)(=O)N1CCn2cc(Cn3cccn3)nc2C1. The molecule has 0 fully saturated rings. The standard InChI is InChI=1S/C12H17N5O2S/c1-2-20(18,19)17-7-6-15-8-11(14-12(15)10-17)9-16-5-3-4-13-16/h3-5,8H,2,6-7,9-10H2,1H3. The van der Waals surface area contributed by atoms with E-state index in [0.717, 1.165) is 11.5 Å². The van der Waals surface area contributed by atoms with Crippen LogP contribution >= 0.6 is 0 Å². The number of hydrogen-bond donors (Lipinski definition) is 0. The van der Waals surface area contributed by atoms with Gasteiger partial charge in [0, 0.05) is 31.7 Å². The first kappa shape index (κ1) is 13.3. The molecular formula is C12H17N5O2S. The second kappa shape index (κ2) is 5.02. The lowest BCUT2D eigenvalue weighted by molar-refractivity contribution is 0.336. The zero-order valence-corrected chi connectivity index (χ0v) is 12.1. The highest BCUT2D eigenvalue weighted by Gasteiger charge is 2.26. The Morgan fingerprint density at radius 2 is 2.20 bits per heavy atom. The van der Waals surface area contributed by atoms with Crippen LogP contribution in [0.2, 0.25) is 0 Å². The molecule has 0 spiro atoms. The van der Waals surface area contributed by atoms with Crippen molar-refractivity contribution in [1.82, 2.24) is 23.6 Å². The van der Waals surface area contributed by atoms with E-state index in [1.54, 1.807) is 17.8 Å². The third-order valence-electron chi connectivity index (χ3n) is 3.46. The van der Waals surface area contributed by atoms with Crippen LogP contribution < -0.4 is 0 Å². The molecule has 0 aromatic carbocycles. The molecule has 2 aromatic rings. The Bertz CT molecular complexity index is 690. The average Bonchev–Trinajstić information content (AvgIpc) is 3.06. The summed E-state index contributed by atoms with van der Waals surface area (Å²) in [5.41, 5.74) is 0.902. The van der Waals surface area contributed by atoms with Crippen LogP contribution in [0.5, 0.6) is 0 Å². The Morgan fingerprint density at radius 1 is 1.35 bits per heavy atom. The molecule has 20 heavy (non-hydrogen) atoms. The minimum atomic E-state index is -3.14. The van der Waals surface area contributed by atoms with Crippen LogP contribution in [0, 0.1) is 0 Å². The molecule has 0 radical (unpaired) electrons. The summed E-state index contributed by atoms with van der Waals surface area (Å²) in [5.74, 6) is 0.934. The Balaban J connectivity index is 1.79. The lowest BCUT2D eigenvalue weighted by Gasteiger charge is -2.26. The molecule has 0 atom stereocenters. The van der Waals surface area contributed by atoms with Crippen molar-refractivity contribution in [2.45, 2.75) is 26.6 Å². The second-order valence-electron chi connectivity index (χ2n) is 4.78. The lowest BCUT2D eigenvalue weighted by atomic mass is 10.4. The van der Waals surface area contributed by atoms with Crippen molar-refractivity contribution in [3.63, 3.8) is 0 Å².